The van der Waals surface area contributed by atoms with Crippen LogP contribution in [0.1, 0.15) is 31.1 Å². The number of hydrogen-bond donors (Lipinski definition) is 1. The molecule has 1 amide bonds. The van der Waals surface area contributed by atoms with Crippen LogP contribution in [0.15, 0.2) is 53.4 Å². The highest BCUT2D eigenvalue weighted by Gasteiger charge is 2.16. The molecule has 4 nitrogen and oxygen atoms in total. The van der Waals surface area contributed by atoms with E-state index in [9.17, 15) is 9.59 Å². The molecule has 1 unspecified atom stereocenters. The van der Waals surface area contributed by atoms with Gasteiger partial charge in [0.1, 0.15) is 5.75 Å². The van der Waals surface area contributed by atoms with Crippen LogP contribution in [0.4, 0.5) is 5.69 Å². The third kappa shape index (κ3) is 5.13. The molecule has 1 atom stereocenters. The highest BCUT2D eigenvalue weighted by Crippen LogP contribution is 2.27. The van der Waals surface area contributed by atoms with Crippen LogP contribution in [0.3, 0.4) is 0 Å². The van der Waals surface area contributed by atoms with E-state index in [0.717, 1.165) is 16.3 Å². The topological polar surface area (TPSA) is 55.4 Å². The number of carbonyl (C=O) groups is 2. The maximum absolute atomic E-state index is 12.5. The second kappa shape index (κ2) is 8.55. The number of thioether (sulfide) groups is 1. The molecular formula is C19H21NO3S. The fourth-order valence-corrected chi connectivity index (χ4v) is 3.14. The van der Waals surface area contributed by atoms with Gasteiger partial charge in [-0.25, -0.2) is 0 Å². The molecule has 0 aromatic heterocycles. The van der Waals surface area contributed by atoms with Gasteiger partial charge in [0.2, 0.25) is 5.91 Å². The van der Waals surface area contributed by atoms with E-state index in [4.69, 9.17) is 4.74 Å². The van der Waals surface area contributed by atoms with Crippen LogP contribution in [0.2, 0.25) is 0 Å². The maximum Gasteiger partial charge on any atom is 0.221 e. The summed E-state index contributed by atoms with van der Waals surface area (Å²) >= 11 is 1.50. The smallest absolute Gasteiger partial charge is 0.221 e. The summed E-state index contributed by atoms with van der Waals surface area (Å²) in [6.45, 7) is 5.90. The molecule has 0 aliphatic heterocycles. The van der Waals surface area contributed by atoms with E-state index in [0.29, 0.717) is 12.2 Å². The summed E-state index contributed by atoms with van der Waals surface area (Å²) in [7, 11) is 0. The lowest BCUT2D eigenvalue weighted by Crippen LogP contribution is -2.13. The van der Waals surface area contributed by atoms with Crippen LogP contribution in [0.5, 0.6) is 5.75 Å². The van der Waals surface area contributed by atoms with Crippen molar-refractivity contribution < 1.29 is 14.3 Å². The Hall–Kier alpha value is -2.27. The van der Waals surface area contributed by atoms with Crippen molar-refractivity contribution in [1.29, 1.82) is 0 Å². The third-order valence-corrected chi connectivity index (χ3v) is 4.42. The van der Waals surface area contributed by atoms with E-state index in [1.54, 1.807) is 12.1 Å². The number of nitrogens with one attached hydrogen (secondary N) is 1. The molecule has 0 saturated carbocycles. The second-order valence-electron chi connectivity index (χ2n) is 5.29. The van der Waals surface area contributed by atoms with E-state index in [1.165, 1.54) is 18.7 Å². The van der Waals surface area contributed by atoms with Gasteiger partial charge in [0.25, 0.3) is 0 Å². The quantitative estimate of drug-likeness (QED) is 0.598. The molecule has 2 aromatic rings. The molecule has 0 radical (unpaired) electrons. The number of ether oxygens (including phenoxy) is 1. The van der Waals surface area contributed by atoms with E-state index >= 15 is 0 Å². The molecule has 0 saturated heterocycles. The molecule has 0 aliphatic carbocycles. The average molecular weight is 343 g/mol. The number of anilines is 1. The van der Waals surface area contributed by atoms with Gasteiger partial charge in [-0.3, -0.25) is 9.59 Å². The third-order valence-electron chi connectivity index (χ3n) is 3.31. The van der Waals surface area contributed by atoms with E-state index in [1.807, 2.05) is 50.2 Å². The minimum Gasteiger partial charge on any atom is -0.494 e. The minimum absolute atomic E-state index is 0.0778. The monoisotopic (exact) mass is 343 g/mol. The van der Waals surface area contributed by atoms with E-state index in [2.05, 4.69) is 5.32 Å². The lowest BCUT2D eigenvalue weighted by Gasteiger charge is -2.11. The van der Waals surface area contributed by atoms with Crippen LogP contribution in [0.25, 0.3) is 0 Å². The number of carbonyl (C=O) groups excluding carboxylic acids is 2. The average Bonchev–Trinajstić information content (AvgIpc) is 2.56. The molecule has 24 heavy (non-hydrogen) atoms. The Morgan fingerprint density at radius 3 is 2.25 bits per heavy atom. The van der Waals surface area contributed by atoms with Crippen molar-refractivity contribution in [3.63, 3.8) is 0 Å². The summed E-state index contributed by atoms with van der Waals surface area (Å²) in [4.78, 5) is 24.5. The summed E-state index contributed by atoms with van der Waals surface area (Å²) < 4.78 is 5.39. The molecule has 0 aliphatic rings. The number of Topliss-reactive ketones (excluding diaryl/α,β-unsaturated/α-hetero) is 1. The first kappa shape index (κ1) is 18.1. The molecule has 2 aromatic carbocycles. The summed E-state index contributed by atoms with van der Waals surface area (Å²) in [6.07, 6.45) is 0. The van der Waals surface area contributed by atoms with Gasteiger partial charge in [-0.05, 0) is 62.4 Å². The van der Waals surface area contributed by atoms with Gasteiger partial charge < -0.3 is 10.1 Å². The van der Waals surface area contributed by atoms with Gasteiger partial charge in [-0.1, -0.05) is 0 Å². The highest BCUT2D eigenvalue weighted by atomic mass is 32.2. The molecule has 5 heteroatoms. The van der Waals surface area contributed by atoms with Gasteiger partial charge in [0.05, 0.1) is 11.9 Å². The van der Waals surface area contributed by atoms with Crippen molar-refractivity contribution in [2.45, 2.75) is 30.9 Å². The molecule has 0 fully saturated rings. The van der Waals surface area contributed by atoms with Crippen molar-refractivity contribution >= 4 is 29.1 Å². The molecule has 2 rings (SSSR count). The van der Waals surface area contributed by atoms with Gasteiger partial charge >= 0.3 is 0 Å². The Bertz CT molecular complexity index is 696. The first-order valence-corrected chi connectivity index (χ1v) is 8.69. The number of hydrogen-bond acceptors (Lipinski definition) is 4. The zero-order chi connectivity index (χ0) is 17.5. The van der Waals surface area contributed by atoms with Crippen LogP contribution >= 0.6 is 11.8 Å². The van der Waals surface area contributed by atoms with Crippen LogP contribution in [0, 0.1) is 0 Å². The Morgan fingerprint density at radius 1 is 1.08 bits per heavy atom. The van der Waals surface area contributed by atoms with Crippen molar-refractivity contribution in [3.8, 4) is 5.75 Å². The molecule has 0 heterocycles. The lowest BCUT2D eigenvalue weighted by atomic mass is 10.1. The Kier molecular flexibility index (Phi) is 6.44. The number of benzene rings is 2. The normalized spacial score (nSPS) is 11.6. The van der Waals surface area contributed by atoms with Gasteiger partial charge in [0, 0.05) is 23.1 Å². The molecule has 0 spiro atoms. The standard InChI is InChI=1S/C19H21NO3S/c1-4-23-17-9-5-15(6-10-17)19(22)13(2)24-18-11-7-16(8-12-18)20-14(3)21/h5-13H,4H2,1-3H3,(H,20,21). The van der Waals surface area contributed by atoms with Gasteiger partial charge in [-0.15, -0.1) is 11.8 Å². The summed E-state index contributed by atoms with van der Waals surface area (Å²) in [6, 6.07) is 14.7. The predicted molar refractivity (Wildman–Crippen MR) is 98.0 cm³/mol. The Balaban J connectivity index is 1.99. The largest absolute Gasteiger partial charge is 0.494 e. The van der Waals surface area contributed by atoms with Crippen molar-refractivity contribution in [2.24, 2.45) is 0 Å². The minimum atomic E-state index is -0.199. The molecule has 0 bridgehead atoms. The zero-order valence-corrected chi connectivity index (χ0v) is 14.9. The fourth-order valence-electron chi connectivity index (χ4n) is 2.19. The Morgan fingerprint density at radius 2 is 1.71 bits per heavy atom. The summed E-state index contributed by atoms with van der Waals surface area (Å²) in [5.41, 5.74) is 1.42. The summed E-state index contributed by atoms with van der Waals surface area (Å²) in [5.74, 6) is 0.742. The summed E-state index contributed by atoms with van der Waals surface area (Å²) in [5, 5.41) is 2.52. The van der Waals surface area contributed by atoms with E-state index in [-0.39, 0.29) is 16.9 Å². The van der Waals surface area contributed by atoms with Crippen molar-refractivity contribution in [1.82, 2.24) is 0 Å². The van der Waals surface area contributed by atoms with Crippen LogP contribution in [-0.4, -0.2) is 23.5 Å². The Labute approximate surface area is 146 Å². The fraction of sp³-hybridized carbons (Fsp3) is 0.263. The molecule has 1 N–H and O–H groups in total. The van der Waals surface area contributed by atoms with Crippen LogP contribution < -0.4 is 10.1 Å². The van der Waals surface area contributed by atoms with E-state index < -0.39 is 0 Å². The number of ketones is 1. The number of rotatable bonds is 7. The highest BCUT2D eigenvalue weighted by molar-refractivity contribution is 8.00. The molecular weight excluding hydrogens is 322 g/mol. The first-order chi connectivity index (χ1) is 11.5. The SMILES string of the molecule is CCOc1ccc(C(=O)C(C)Sc2ccc(NC(C)=O)cc2)cc1. The number of amides is 1. The molecule has 126 valence electrons. The van der Waals surface area contributed by atoms with Crippen molar-refractivity contribution in [2.75, 3.05) is 11.9 Å². The maximum atomic E-state index is 12.5. The van der Waals surface area contributed by atoms with Gasteiger partial charge in [-0.2, -0.15) is 0 Å². The zero-order valence-electron chi connectivity index (χ0n) is 14.0. The van der Waals surface area contributed by atoms with Gasteiger partial charge in [0.15, 0.2) is 5.78 Å². The van der Waals surface area contributed by atoms with Crippen molar-refractivity contribution in [3.05, 3.63) is 54.1 Å². The predicted octanol–water partition coefficient (Wildman–Crippen LogP) is 4.41. The second-order valence-corrected chi connectivity index (χ2v) is 6.70. The first-order valence-electron chi connectivity index (χ1n) is 7.81. The van der Waals surface area contributed by atoms with Crippen LogP contribution in [-0.2, 0) is 4.79 Å². The lowest BCUT2D eigenvalue weighted by molar-refractivity contribution is -0.114.